The first-order chi connectivity index (χ1) is 9.01. The number of carboxylic acids is 1. The fraction of sp³-hybridized carbons (Fsp3) is 0.714. The topological polar surface area (TPSA) is 58.4 Å². The van der Waals surface area contributed by atoms with Gasteiger partial charge < -0.3 is 5.11 Å². The third kappa shape index (κ3) is 3.15. The molecular weight excluding hydrogens is 242 g/mol. The summed E-state index contributed by atoms with van der Waals surface area (Å²) in [5.74, 6) is -0.703. The molecule has 5 nitrogen and oxygen atoms in total. The zero-order valence-corrected chi connectivity index (χ0v) is 11.9. The second kappa shape index (κ2) is 5.74. The van der Waals surface area contributed by atoms with Crippen LogP contribution in [0.1, 0.15) is 38.9 Å². The first-order valence-corrected chi connectivity index (χ1v) is 7.00. The molecule has 1 N–H and O–H groups in total. The van der Waals surface area contributed by atoms with Gasteiger partial charge in [0.1, 0.15) is 0 Å². The normalized spacial score (nSPS) is 25.6. The van der Waals surface area contributed by atoms with E-state index in [4.69, 9.17) is 5.11 Å². The summed E-state index contributed by atoms with van der Waals surface area (Å²) in [6.45, 7) is 8.52. The van der Waals surface area contributed by atoms with Crippen LogP contribution in [0, 0.1) is 11.8 Å². The van der Waals surface area contributed by atoms with Crippen molar-refractivity contribution >= 4 is 5.97 Å². The number of aliphatic carboxylic acids is 1. The molecule has 1 aliphatic rings. The highest BCUT2D eigenvalue weighted by atomic mass is 16.4. The van der Waals surface area contributed by atoms with Gasteiger partial charge in [-0.15, -0.1) is 0 Å². The van der Waals surface area contributed by atoms with Crippen LogP contribution in [0.4, 0.5) is 0 Å². The highest BCUT2D eigenvalue weighted by Crippen LogP contribution is 2.24. The third-order valence-electron chi connectivity index (χ3n) is 4.10. The van der Waals surface area contributed by atoms with Gasteiger partial charge in [0.2, 0.25) is 0 Å². The van der Waals surface area contributed by atoms with Crippen LogP contribution in [-0.2, 0) is 11.3 Å². The van der Waals surface area contributed by atoms with Gasteiger partial charge in [0, 0.05) is 31.9 Å². The van der Waals surface area contributed by atoms with Gasteiger partial charge in [-0.25, -0.2) is 0 Å². The summed E-state index contributed by atoms with van der Waals surface area (Å²) in [5, 5.41) is 13.7. The lowest BCUT2D eigenvalue weighted by Gasteiger charge is -2.13. The summed E-state index contributed by atoms with van der Waals surface area (Å²) in [7, 11) is 0. The lowest BCUT2D eigenvalue weighted by Crippen LogP contribution is -2.23. The maximum atomic E-state index is 11.1. The summed E-state index contributed by atoms with van der Waals surface area (Å²) in [6.07, 6.45) is 3.07. The van der Waals surface area contributed by atoms with E-state index in [1.54, 1.807) is 0 Å². The van der Waals surface area contributed by atoms with Gasteiger partial charge >= 0.3 is 5.97 Å². The summed E-state index contributed by atoms with van der Waals surface area (Å²) in [4.78, 5) is 13.3. The van der Waals surface area contributed by atoms with Crippen molar-refractivity contribution in [2.75, 3.05) is 13.1 Å². The molecule has 5 heteroatoms. The van der Waals surface area contributed by atoms with Crippen molar-refractivity contribution in [3.8, 4) is 0 Å². The first-order valence-electron chi connectivity index (χ1n) is 7.00. The molecule has 1 aromatic heterocycles. The fourth-order valence-corrected chi connectivity index (χ4v) is 2.64. The molecule has 0 aromatic carbocycles. The largest absolute Gasteiger partial charge is 0.481 e. The van der Waals surface area contributed by atoms with E-state index in [0.717, 1.165) is 25.2 Å². The number of aromatic nitrogens is 2. The lowest BCUT2D eigenvalue weighted by atomic mass is 9.99. The molecule has 19 heavy (non-hydrogen) atoms. The van der Waals surface area contributed by atoms with E-state index in [2.05, 4.69) is 23.8 Å². The van der Waals surface area contributed by atoms with Crippen molar-refractivity contribution in [1.29, 1.82) is 0 Å². The van der Waals surface area contributed by atoms with Crippen molar-refractivity contribution in [2.24, 2.45) is 11.8 Å². The monoisotopic (exact) mass is 265 g/mol. The highest BCUT2D eigenvalue weighted by molar-refractivity contribution is 5.71. The molecule has 2 rings (SSSR count). The van der Waals surface area contributed by atoms with Crippen LogP contribution >= 0.6 is 0 Å². The molecule has 3 atom stereocenters. The van der Waals surface area contributed by atoms with Crippen molar-refractivity contribution in [2.45, 2.75) is 39.8 Å². The fourth-order valence-electron chi connectivity index (χ4n) is 2.64. The molecule has 106 valence electrons. The minimum atomic E-state index is -0.680. The maximum absolute atomic E-state index is 11.1. The van der Waals surface area contributed by atoms with Crippen LogP contribution in [0.3, 0.4) is 0 Å². The van der Waals surface area contributed by atoms with Crippen LogP contribution in [-0.4, -0.2) is 38.8 Å². The highest BCUT2D eigenvalue weighted by Gasteiger charge is 2.34. The zero-order valence-electron chi connectivity index (χ0n) is 11.9. The van der Waals surface area contributed by atoms with Crippen molar-refractivity contribution < 1.29 is 9.90 Å². The average molecular weight is 265 g/mol. The Labute approximate surface area is 114 Å². The van der Waals surface area contributed by atoms with Crippen molar-refractivity contribution in [3.63, 3.8) is 0 Å². The Hall–Kier alpha value is -1.36. The predicted octanol–water partition coefficient (Wildman–Crippen LogP) is 2.01. The van der Waals surface area contributed by atoms with E-state index < -0.39 is 5.97 Å². The first kappa shape index (κ1) is 14.1. The van der Waals surface area contributed by atoms with E-state index in [9.17, 15) is 4.79 Å². The molecule has 0 aliphatic carbocycles. The van der Waals surface area contributed by atoms with E-state index >= 15 is 0 Å². The minimum absolute atomic E-state index is 0.217. The number of hydrogen-bond acceptors (Lipinski definition) is 3. The van der Waals surface area contributed by atoms with Crippen LogP contribution in [0.15, 0.2) is 12.3 Å². The SMILES string of the molecule is CCC(C)n1ccc(CN2C[C@@H](C)[C@H](C(=O)O)C2)n1. The predicted molar refractivity (Wildman–Crippen MR) is 72.8 cm³/mol. The number of nitrogens with zero attached hydrogens (tertiary/aromatic N) is 3. The molecule has 0 amide bonds. The van der Waals surface area contributed by atoms with E-state index in [-0.39, 0.29) is 11.8 Å². The van der Waals surface area contributed by atoms with Gasteiger partial charge in [-0.2, -0.15) is 5.10 Å². The van der Waals surface area contributed by atoms with Gasteiger partial charge in [0.15, 0.2) is 0 Å². The number of rotatable bonds is 5. The molecule has 1 aromatic rings. The Kier molecular flexibility index (Phi) is 4.24. The second-order valence-electron chi connectivity index (χ2n) is 5.66. The number of hydrogen-bond donors (Lipinski definition) is 1. The Morgan fingerprint density at radius 3 is 2.89 bits per heavy atom. The summed E-state index contributed by atoms with van der Waals surface area (Å²) in [5.41, 5.74) is 1.03. The molecular formula is C14H23N3O2. The van der Waals surface area contributed by atoms with Gasteiger partial charge in [-0.1, -0.05) is 13.8 Å². The van der Waals surface area contributed by atoms with Crippen molar-refractivity contribution in [3.05, 3.63) is 18.0 Å². The van der Waals surface area contributed by atoms with Gasteiger partial charge in [-0.05, 0) is 25.3 Å². The molecule has 0 radical (unpaired) electrons. The summed E-state index contributed by atoms with van der Waals surface area (Å²) in [6, 6.07) is 2.45. The molecule has 2 heterocycles. The summed E-state index contributed by atoms with van der Waals surface area (Å²) >= 11 is 0. The molecule has 0 bridgehead atoms. The van der Waals surface area contributed by atoms with Gasteiger partial charge in [-0.3, -0.25) is 14.4 Å². The summed E-state index contributed by atoms with van der Waals surface area (Å²) < 4.78 is 1.99. The van der Waals surface area contributed by atoms with Crippen molar-refractivity contribution in [1.82, 2.24) is 14.7 Å². The average Bonchev–Trinajstić information content (AvgIpc) is 2.95. The minimum Gasteiger partial charge on any atom is -0.481 e. The lowest BCUT2D eigenvalue weighted by molar-refractivity contribution is -0.142. The molecule has 1 aliphatic heterocycles. The maximum Gasteiger partial charge on any atom is 0.308 e. The van der Waals surface area contributed by atoms with Crippen LogP contribution in [0.2, 0.25) is 0 Å². The van der Waals surface area contributed by atoms with Gasteiger partial charge in [0.05, 0.1) is 11.6 Å². The third-order valence-corrected chi connectivity index (χ3v) is 4.10. The Bertz CT molecular complexity index is 444. The van der Waals surface area contributed by atoms with E-state index in [1.807, 2.05) is 23.9 Å². The van der Waals surface area contributed by atoms with Crippen LogP contribution < -0.4 is 0 Å². The number of carboxylic acid groups (broad SMARTS) is 1. The van der Waals surface area contributed by atoms with Crippen LogP contribution in [0.5, 0.6) is 0 Å². The molecule has 1 fully saturated rings. The number of likely N-dealkylation sites (tertiary alicyclic amines) is 1. The smallest absolute Gasteiger partial charge is 0.308 e. The molecule has 0 saturated carbocycles. The Balaban J connectivity index is 1.95. The second-order valence-corrected chi connectivity index (χ2v) is 5.66. The Morgan fingerprint density at radius 1 is 1.58 bits per heavy atom. The zero-order chi connectivity index (χ0) is 14.0. The molecule has 1 saturated heterocycles. The Morgan fingerprint density at radius 2 is 2.32 bits per heavy atom. The van der Waals surface area contributed by atoms with Crippen LogP contribution in [0.25, 0.3) is 0 Å². The van der Waals surface area contributed by atoms with E-state index in [1.165, 1.54) is 0 Å². The molecule has 0 spiro atoms. The molecule has 1 unspecified atom stereocenters. The van der Waals surface area contributed by atoms with E-state index in [0.29, 0.717) is 12.6 Å². The standard InChI is InChI=1S/C14H23N3O2/c1-4-11(3)17-6-5-12(15-17)8-16-7-10(2)13(9-16)14(18)19/h5-6,10-11,13H,4,7-9H2,1-3H3,(H,18,19)/t10-,11?,13-/m1/s1. The quantitative estimate of drug-likeness (QED) is 0.884. The van der Waals surface area contributed by atoms with Gasteiger partial charge in [0.25, 0.3) is 0 Å². The number of carbonyl (C=O) groups is 1.